The van der Waals surface area contributed by atoms with E-state index >= 15 is 0 Å². The Bertz CT molecular complexity index is 837. The molecule has 4 rings (SSSR count). The van der Waals surface area contributed by atoms with Crippen LogP contribution in [-0.2, 0) is 11.4 Å². The molecule has 7 nitrogen and oxygen atoms in total. The van der Waals surface area contributed by atoms with Crippen LogP contribution in [0.4, 0.5) is 0 Å². The van der Waals surface area contributed by atoms with Gasteiger partial charge in [-0.3, -0.25) is 14.5 Å². The molecule has 0 spiro atoms. The van der Waals surface area contributed by atoms with Crippen molar-refractivity contribution >= 4 is 11.8 Å². The number of likely N-dealkylation sites (tertiary alicyclic amines) is 1. The zero-order valence-corrected chi connectivity index (χ0v) is 17.3. The quantitative estimate of drug-likeness (QED) is 0.731. The second kappa shape index (κ2) is 9.80. The van der Waals surface area contributed by atoms with Crippen LogP contribution in [0.1, 0.15) is 35.6 Å². The first kappa shape index (κ1) is 20.5. The second-order valence-electron chi connectivity index (χ2n) is 7.88. The number of rotatable bonds is 6. The molecule has 7 heteroatoms. The highest BCUT2D eigenvalue weighted by atomic mass is 16.5. The fourth-order valence-corrected chi connectivity index (χ4v) is 3.94. The van der Waals surface area contributed by atoms with E-state index in [0.717, 1.165) is 31.7 Å². The fourth-order valence-electron chi connectivity index (χ4n) is 3.94. The molecule has 2 fully saturated rings. The number of para-hydroxylation sites is 1. The molecule has 0 N–H and O–H groups in total. The summed E-state index contributed by atoms with van der Waals surface area (Å²) in [5.74, 6) is 1.82. The van der Waals surface area contributed by atoms with E-state index in [1.165, 1.54) is 6.42 Å². The smallest absolute Gasteiger partial charge is 0.289 e. The van der Waals surface area contributed by atoms with Crippen LogP contribution in [-0.4, -0.2) is 72.3 Å². The number of hydrogen-bond acceptors (Lipinski definition) is 5. The van der Waals surface area contributed by atoms with Crippen molar-refractivity contribution in [2.75, 3.05) is 45.8 Å². The van der Waals surface area contributed by atoms with Gasteiger partial charge in [0.05, 0.1) is 6.54 Å². The number of carbonyl (C=O) groups is 2. The van der Waals surface area contributed by atoms with Gasteiger partial charge in [0.15, 0.2) is 5.76 Å². The third-order valence-corrected chi connectivity index (χ3v) is 5.72. The van der Waals surface area contributed by atoms with Gasteiger partial charge in [-0.1, -0.05) is 18.2 Å². The van der Waals surface area contributed by atoms with Gasteiger partial charge in [0.25, 0.3) is 5.91 Å². The minimum atomic E-state index is -0.108. The van der Waals surface area contributed by atoms with Crippen LogP contribution >= 0.6 is 0 Å². The molecule has 2 aliphatic heterocycles. The summed E-state index contributed by atoms with van der Waals surface area (Å²) in [5.41, 5.74) is 0. The van der Waals surface area contributed by atoms with Crippen LogP contribution in [0.25, 0.3) is 0 Å². The number of ether oxygens (including phenoxy) is 1. The number of carbonyl (C=O) groups excluding carboxylic acids is 2. The lowest BCUT2D eigenvalue weighted by Crippen LogP contribution is -2.52. The van der Waals surface area contributed by atoms with Crippen molar-refractivity contribution in [3.05, 3.63) is 54.0 Å². The Labute approximate surface area is 177 Å². The molecule has 2 aromatic rings. The summed E-state index contributed by atoms with van der Waals surface area (Å²) in [6.45, 7) is 5.10. The Morgan fingerprint density at radius 3 is 2.30 bits per heavy atom. The zero-order chi connectivity index (χ0) is 20.8. The maximum absolute atomic E-state index is 12.8. The predicted octanol–water partition coefficient (Wildman–Crippen LogP) is 2.63. The molecule has 2 aliphatic rings. The number of benzene rings is 1. The first-order valence-electron chi connectivity index (χ1n) is 10.7. The van der Waals surface area contributed by atoms with Crippen molar-refractivity contribution < 1.29 is 18.7 Å². The lowest BCUT2D eigenvalue weighted by molar-refractivity contribution is -0.133. The predicted molar refractivity (Wildman–Crippen MR) is 112 cm³/mol. The molecule has 30 heavy (non-hydrogen) atoms. The van der Waals surface area contributed by atoms with E-state index in [0.29, 0.717) is 44.2 Å². The monoisotopic (exact) mass is 411 g/mol. The van der Waals surface area contributed by atoms with Crippen LogP contribution in [0.5, 0.6) is 5.75 Å². The zero-order valence-electron chi connectivity index (χ0n) is 17.3. The van der Waals surface area contributed by atoms with E-state index < -0.39 is 0 Å². The number of piperidine rings is 1. The Balaban J connectivity index is 1.23. The molecule has 0 radical (unpaired) electrons. The molecule has 0 unspecified atom stereocenters. The summed E-state index contributed by atoms with van der Waals surface area (Å²) in [5, 5.41) is 0. The van der Waals surface area contributed by atoms with Crippen LogP contribution in [0.3, 0.4) is 0 Å². The van der Waals surface area contributed by atoms with Crippen molar-refractivity contribution in [3.63, 3.8) is 0 Å². The number of hydrogen-bond donors (Lipinski definition) is 0. The molecule has 2 amide bonds. The van der Waals surface area contributed by atoms with E-state index in [1.54, 1.807) is 17.0 Å². The van der Waals surface area contributed by atoms with Crippen LogP contribution in [0.15, 0.2) is 46.9 Å². The van der Waals surface area contributed by atoms with E-state index in [9.17, 15) is 9.59 Å². The van der Waals surface area contributed by atoms with Gasteiger partial charge in [-0.2, -0.15) is 0 Å². The third kappa shape index (κ3) is 5.21. The highest BCUT2D eigenvalue weighted by molar-refractivity contribution is 5.91. The van der Waals surface area contributed by atoms with E-state index in [1.807, 2.05) is 35.2 Å². The SMILES string of the molecule is O=C(CN1CCN(C(=O)c2ccc(COc3ccccc3)o2)CC1)N1CCCCC1. The van der Waals surface area contributed by atoms with Crippen LogP contribution in [0, 0.1) is 0 Å². The Kier molecular flexibility index (Phi) is 6.69. The first-order chi connectivity index (χ1) is 14.7. The maximum atomic E-state index is 12.8. The molecule has 2 saturated heterocycles. The summed E-state index contributed by atoms with van der Waals surface area (Å²) in [4.78, 5) is 31.1. The minimum Gasteiger partial charge on any atom is -0.486 e. The molecular weight excluding hydrogens is 382 g/mol. The summed E-state index contributed by atoms with van der Waals surface area (Å²) in [6.07, 6.45) is 3.43. The average Bonchev–Trinajstić information content (AvgIpc) is 3.28. The van der Waals surface area contributed by atoms with E-state index in [2.05, 4.69) is 4.90 Å². The summed E-state index contributed by atoms with van der Waals surface area (Å²) in [7, 11) is 0. The Hall–Kier alpha value is -2.80. The van der Waals surface area contributed by atoms with E-state index in [4.69, 9.17) is 9.15 Å². The summed E-state index contributed by atoms with van der Waals surface area (Å²) < 4.78 is 11.4. The van der Waals surface area contributed by atoms with Crippen LogP contribution < -0.4 is 4.74 Å². The lowest BCUT2D eigenvalue weighted by atomic mass is 10.1. The van der Waals surface area contributed by atoms with Gasteiger partial charge in [0.2, 0.25) is 5.91 Å². The number of amides is 2. The summed E-state index contributed by atoms with van der Waals surface area (Å²) >= 11 is 0. The molecule has 1 aromatic carbocycles. The number of furan rings is 1. The van der Waals surface area contributed by atoms with Gasteiger partial charge in [-0.25, -0.2) is 0 Å². The highest BCUT2D eigenvalue weighted by Crippen LogP contribution is 2.16. The van der Waals surface area contributed by atoms with Gasteiger partial charge < -0.3 is 19.0 Å². The highest BCUT2D eigenvalue weighted by Gasteiger charge is 2.26. The average molecular weight is 412 g/mol. The van der Waals surface area contributed by atoms with Crippen molar-refractivity contribution in [3.8, 4) is 5.75 Å². The maximum Gasteiger partial charge on any atom is 0.289 e. The van der Waals surface area contributed by atoms with Crippen molar-refractivity contribution in [2.24, 2.45) is 0 Å². The normalized spacial score (nSPS) is 17.7. The Morgan fingerprint density at radius 2 is 1.57 bits per heavy atom. The third-order valence-electron chi connectivity index (χ3n) is 5.72. The second-order valence-corrected chi connectivity index (χ2v) is 7.88. The molecule has 0 bridgehead atoms. The Morgan fingerprint density at radius 1 is 0.833 bits per heavy atom. The molecule has 0 atom stereocenters. The molecule has 0 aliphatic carbocycles. The van der Waals surface area contributed by atoms with Gasteiger partial charge in [0, 0.05) is 39.3 Å². The van der Waals surface area contributed by atoms with Crippen molar-refractivity contribution in [2.45, 2.75) is 25.9 Å². The largest absolute Gasteiger partial charge is 0.486 e. The first-order valence-corrected chi connectivity index (χ1v) is 10.7. The fraction of sp³-hybridized carbons (Fsp3) is 0.478. The summed E-state index contributed by atoms with van der Waals surface area (Å²) in [6, 6.07) is 13.0. The van der Waals surface area contributed by atoms with Gasteiger partial charge in [-0.15, -0.1) is 0 Å². The lowest BCUT2D eigenvalue weighted by Gasteiger charge is -2.35. The molecule has 0 saturated carbocycles. The van der Waals surface area contributed by atoms with Gasteiger partial charge >= 0.3 is 0 Å². The van der Waals surface area contributed by atoms with E-state index in [-0.39, 0.29) is 18.4 Å². The topological polar surface area (TPSA) is 66.2 Å². The minimum absolute atomic E-state index is 0.108. The standard InChI is InChI=1S/C23H29N3O4/c27-22(25-11-5-2-6-12-25)17-24-13-15-26(16-14-24)23(28)21-10-9-20(30-21)18-29-19-7-3-1-4-8-19/h1,3-4,7-10H,2,5-6,11-18H2. The van der Waals surface area contributed by atoms with Crippen LogP contribution in [0.2, 0.25) is 0 Å². The van der Waals surface area contributed by atoms with Gasteiger partial charge in [0.1, 0.15) is 18.1 Å². The molecule has 160 valence electrons. The number of nitrogens with zero attached hydrogens (tertiary/aromatic N) is 3. The molecular formula is C23H29N3O4. The number of piperazine rings is 1. The molecule has 3 heterocycles. The van der Waals surface area contributed by atoms with Crippen molar-refractivity contribution in [1.82, 2.24) is 14.7 Å². The molecule has 1 aromatic heterocycles. The van der Waals surface area contributed by atoms with Gasteiger partial charge in [-0.05, 0) is 43.5 Å². The van der Waals surface area contributed by atoms with Crippen molar-refractivity contribution in [1.29, 1.82) is 0 Å².